The molecule has 2 fully saturated rings. The van der Waals surface area contributed by atoms with E-state index in [9.17, 15) is 18.7 Å². The minimum absolute atomic E-state index is 0.0763. The molecule has 4 rings (SSSR count). The van der Waals surface area contributed by atoms with Crippen molar-refractivity contribution in [1.82, 2.24) is 0 Å². The molecule has 0 unspecified atom stereocenters. The van der Waals surface area contributed by atoms with E-state index in [4.69, 9.17) is 0 Å². The van der Waals surface area contributed by atoms with Crippen molar-refractivity contribution in [2.75, 3.05) is 0 Å². The molecule has 0 aromatic rings. The molecular formula is C27H38F2O2. The molecule has 0 spiro atoms. The second kappa shape index (κ2) is 7.37. The maximum absolute atomic E-state index is 14.4. The second-order valence-electron chi connectivity index (χ2n) is 11.8. The molecular weight excluding hydrogens is 394 g/mol. The predicted octanol–water partition coefficient (Wildman–Crippen LogP) is 6.51. The topological polar surface area (TPSA) is 37.3 Å². The summed E-state index contributed by atoms with van der Waals surface area (Å²) in [5.74, 6) is -0.786. The van der Waals surface area contributed by atoms with E-state index in [1.807, 2.05) is 0 Å². The van der Waals surface area contributed by atoms with Crippen molar-refractivity contribution in [1.29, 1.82) is 0 Å². The number of halogens is 2. The van der Waals surface area contributed by atoms with Crippen molar-refractivity contribution in [3.63, 3.8) is 0 Å². The Bertz CT molecular complexity index is 833. The molecule has 2 nitrogen and oxygen atoms in total. The van der Waals surface area contributed by atoms with Crippen molar-refractivity contribution < 1.29 is 18.7 Å². The van der Waals surface area contributed by atoms with Gasteiger partial charge in [-0.15, -0.1) is 0 Å². The first-order valence-corrected chi connectivity index (χ1v) is 12.0. The van der Waals surface area contributed by atoms with Crippen LogP contribution in [0.5, 0.6) is 0 Å². The molecule has 0 bridgehead atoms. The van der Waals surface area contributed by atoms with Gasteiger partial charge in [0, 0.05) is 11.8 Å². The third-order valence-electron chi connectivity index (χ3n) is 9.68. The number of hydrogen-bond donors (Lipinski definition) is 1. The number of carbonyl (C=O) groups excluding carboxylic acids is 1. The van der Waals surface area contributed by atoms with Crippen LogP contribution in [0, 0.1) is 40.4 Å². The summed E-state index contributed by atoms with van der Waals surface area (Å²) in [6.45, 7) is 9.23. The number of rotatable bonds is 5. The van der Waals surface area contributed by atoms with Gasteiger partial charge in [0.2, 0.25) is 0 Å². The minimum Gasteiger partial charge on any atom is -0.384 e. The van der Waals surface area contributed by atoms with Crippen LogP contribution in [0.25, 0.3) is 0 Å². The normalized spacial score (nSPS) is 40.8. The number of carbonyl (C=O) groups is 1. The van der Waals surface area contributed by atoms with Gasteiger partial charge in [-0.2, -0.15) is 0 Å². The molecule has 4 aliphatic rings. The molecule has 0 aromatic carbocycles. The van der Waals surface area contributed by atoms with Crippen molar-refractivity contribution in [3.8, 4) is 0 Å². The molecule has 4 aliphatic carbocycles. The van der Waals surface area contributed by atoms with Crippen molar-refractivity contribution in [2.45, 2.75) is 84.7 Å². The molecule has 7 atom stereocenters. The van der Waals surface area contributed by atoms with Crippen LogP contribution in [0.3, 0.4) is 0 Å². The van der Waals surface area contributed by atoms with Gasteiger partial charge in [-0.25, -0.2) is 8.78 Å². The summed E-state index contributed by atoms with van der Waals surface area (Å²) in [5, 5.41) is 9.84. The largest absolute Gasteiger partial charge is 0.384 e. The van der Waals surface area contributed by atoms with Crippen LogP contribution >= 0.6 is 0 Å². The fraction of sp³-hybridized carbons (Fsp3) is 0.741. The van der Waals surface area contributed by atoms with E-state index < -0.39 is 11.5 Å². The van der Waals surface area contributed by atoms with Gasteiger partial charge in [0.1, 0.15) is 5.60 Å². The highest BCUT2D eigenvalue weighted by atomic mass is 19.3. The lowest BCUT2D eigenvalue weighted by Gasteiger charge is -2.55. The fourth-order valence-electron chi connectivity index (χ4n) is 7.54. The fourth-order valence-corrected chi connectivity index (χ4v) is 7.54. The Kier molecular flexibility index (Phi) is 5.44. The Hall–Kier alpha value is -1.29. The van der Waals surface area contributed by atoms with Crippen LogP contribution in [-0.4, -0.2) is 22.4 Å². The zero-order valence-corrected chi connectivity index (χ0v) is 19.6. The first kappa shape index (κ1) is 22.9. The van der Waals surface area contributed by atoms with Gasteiger partial charge in [0.25, 0.3) is 5.92 Å². The molecule has 0 aromatic heterocycles. The Balaban J connectivity index is 1.52. The summed E-state index contributed by atoms with van der Waals surface area (Å²) in [5.41, 5.74) is -0.745. The average Bonchev–Trinajstić information content (AvgIpc) is 3.03. The smallest absolute Gasteiger partial charge is 0.275 e. The molecule has 1 N–H and O–H groups in total. The Morgan fingerprint density at radius 2 is 1.87 bits per heavy atom. The summed E-state index contributed by atoms with van der Waals surface area (Å²) in [4.78, 5) is 11.9. The molecule has 4 heteroatoms. The molecule has 0 aliphatic heterocycles. The van der Waals surface area contributed by atoms with E-state index in [0.717, 1.165) is 31.3 Å². The van der Waals surface area contributed by atoms with E-state index in [1.54, 1.807) is 12.2 Å². The van der Waals surface area contributed by atoms with Gasteiger partial charge in [0.05, 0.1) is 0 Å². The SMILES string of the molecule is C[C@H](CCC(F)(F)C(C)(C)O)[C@H]1CC[C@H]2[C@@H]3C=CC4=CC(=O)C=C[C@]4(C)[C@H]3CC[C@]12C. The minimum atomic E-state index is -3.06. The number of alkyl halides is 2. The van der Waals surface area contributed by atoms with Crippen LogP contribution in [0.4, 0.5) is 8.78 Å². The van der Waals surface area contributed by atoms with Crippen LogP contribution in [0.15, 0.2) is 36.0 Å². The molecule has 0 saturated heterocycles. The van der Waals surface area contributed by atoms with Gasteiger partial charge < -0.3 is 5.11 Å². The third kappa shape index (κ3) is 3.57. The summed E-state index contributed by atoms with van der Waals surface area (Å²) in [6.07, 6.45) is 14.8. The lowest BCUT2D eigenvalue weighted by atomic mass is 9.49. The highest BCUT2D eigenvalue weighted by molar-refractivity contribution is 6.01. The third-order valence-corrected chi connectivity index (χ3v) is 9.68. The zero-order chi connectivity index (χ0) is 22.8. The maximum atomic E-state index is 14.4. The molecule has 172 valence electrons. The summed E-state index contributed by atoms with van der Waals surface area (Å²) in [6, 6.07) is 0. The molecule has 0 radical (unpaired) electrons. The molecule has 0 amide bonds. The Morgan fingerprint density at radius 3 is 2.55 bits per heavy atom. The number of fused-ring (bicyclic) bond motifs is 5. The monoisotopic (exact) mass is 432 g/mol. The first-order valence-electron chi connectivity index (χ1n) is 12.0. The Morgan fingerprint density at radius 1 is 1.16 bits per heavy atom. The lowest BCUT2D eigenvalue weighted by Crippen LogP contribution is -2.48. The van der Waals surface area contributed by atoms with Crippen LogP contribution < -0.4 is 0 Å². The van der Waals surface area contributed by atoms with E-state index in [-0.39, 0.29) is 29.0 Å². The van der Waals surface area contributed by atoms with Gasteiger partial charge in [-0.3, -0.25) is 4.79 Å². The van der Waals surface area contributed by atoms with Gasteiger partial charge in [0.15, 0.2) is 5.78 Å². The van der Waals surface area contributed by atoms with Gasteiger partial charge in [-0.1, -0.05) is 39.0 Å². The van der Waals surface area contributed by atoms with Crippen LogP contribution in [0.1, 0.15) is 73.1 Å². The molecule has 31 heavy (non-hydrogen) atoms. The number of aliphatic hydroxyl groups is 1. The van der Waals surface area contributed by atoms with Crippen molar-refractivity contribution in [3.05, 3.63) is 36.0 Å². The highest BCUT2D eigenvalue weighted by Gasteiger charge is 2.58. The number of hydrogen-bond acceptors (Lipinski definition) is 2. The predicted molar refractivity (Wildman–Crippen MR) is 120 cm³/mol. The second-order valence-corrected chi connectivity index (χ2v) is 11.8. The summed E-state index contributed by atoms with van der Waals surface area (Å²) < 4.78 is 28.7. The van der Waals surface area contributed by atoms with Crippen LogP contribution in [0.2, 0.25) is 0 Å². The van der Waals surface area contributed by atoms with Crippen LogP contribution in [-0.2, 0) is 4.79 Å². The Labute approximate surface area is 185 Å². The molecule has 2 saturated carbocycles. The number of ketones is 1. The first-order chi connectivity index (χ1) is 14.3. The summed E-state index contributed by atoms with van der Waals surface area (Å²) in [7, 11) is 0. The average molecular weight is 433 g/mol. The van der Waals surface area contributed by atoms with Gasteiger partial charge in [-0.05, 0) is 98.7 Å². The van der Waals surface area contributed by atoms with E-state index >= 15 is 0 Å². The summed E-state index contributed by atoms with van der Waals surface area (Å²) >= 11 is 0. The lowest BCUT2D eigenvalue weighted by molar-refractivity contribution is -0.168. The number of allylic oxidation sites excluding steroid dienone is 6. The van der Waals surface area contributed by atoms with Crippen molar-refractivity contribution in [2.24, 2.45) is 40.4 Å². The van der Waals surface area contributed by atoms with E-state index in [1.165, 1.54) is 13.8 Å². The van der Waals surface area contributed by atoms with Crippen molar-refractivity contribution >= 4 is 5.78 Å². The molecule has 0 heterocycles. The van der Waals surface area contributed by atoms with E-state index in [2.05, 4.69) is 39.0 Å². The standard InChI is InChI=1S/C27H38F2O2/c1-17(10-15-27(28,29)24(2,3)31)21-8-9-22-20-7-6-18-16-19(30)11-13-25(18,4)23(20)12-14-26(21,22)5/h6-7,11,13,16-17,20-23,31H,8-10,12,14-15H2,1-5H3/t17-,20+,21-,22+,23+,25+,26-/m1/s1. The highest BCUT2D eigenvalue weighted by Crippen LogP contribution is 2.65. The van der Waals surface area contributed by atoms with E-state index in [0.29, 0.717) is 30.1 Å². The zero-order valence-electron chi connectivity index (χ0n) is 19.6. The van der Waals surface area contributed by atoms with Gasteiger partial charge >= 0.3 is 0 Å². The quantitative estimate of drug-likeness (QED) is 0.538. The maximum Gasteiger partial charge on any atom is 0.275 e.